The second kappa shape index (κ2) is 6.14. The molecule has 2 rings (SSSR count). The first-order valence-corrected chi connectivity index (χ1v) is 6.34. The number of fused-ring (bicyclic) bond motifs is 1. The summed E-state index contributed by atoms with van der Waals surface area (Å²) >= 11 is 0. The second-order valence-corrected chi connectivity index (χ2v) is 4.34. The number of hydrogen-bond acceptors (Lipinski definition) is 3. The maximum Gasteiger partial charge on any atom is 0.316 e. The lowest BCUT2D eigenvalue weighted by atomic mass is 9.96. The smallest absolute Gasteiger partial charge is 0.316 e. The maximum absolute atomic E-state index is 11.7. The zero-order valence-electron chi connectivity index (χ0n) is 10.8. The molecule has 0 aromatic heterocycles. The van der Waals surface area contributed by atoms with Gasteiger partial charge in [0.1, 0.15) is 12.2 Å². The fraction of sp³-hybridized carbons (Fsp3) is 0.250. The zero-order valence-corrected chi connectivity index (χ0v) is 10.8. The van der Waals surface area contributed by atoms with E-state index in [4.69, 9.17) is 4.74 Å². The molecule has 0 aliphatic carbocycles. The number of aldehydes is 1. The van der Waals surface area contributed by atoms with E-state index in [1.54, 1.807) is 6.92 Å². The molecule has 0 spiro atoms. The van der Waals surface area contributed by atoms with E-state index in [1.165, 1.54) is 0 Å². The van der Waals surface area contributed by atoms with Crippen LogP contribution in [0.2, 0.25) is 0 Å². The summed E-state index contributed by atoms with van der Waals surface area (Å²) < 4.78 is 4.91. The Morgan fingerprint density at radius 3 is 2.68 bits per heavy atom. The minimum absolute atomic E-state index is 0.290. The van der Waals surface area contributed by atoms with Gasteiger partial charge in [-0.05, 0) is 29.7 Å². The molecule has 0 N–H and O–H groups in total. The van der Waals surface area contributed by atoms with Gasteiger partial charge in [-0.25, -0.2) is 0 Å². The fourth-order valence-electron chi connectivity index (χ4n) is 2.14. The number of carbonyl (C=O) groups excluding carboxylic acids is 2. The second-order valence-electron chi connectivity index (χ2n) is 4.34. The highest BCUT2D eigenvalue weighted by Crippen LogP contribution is 2.21. The van der Waals surface area contributed by atoms with Crippen LogP contribution in [0.5, 0.6) is 0 Å². The molecule has 0 aliphatic heterocycles. The van der Waals surface area contributed by atoms with E-state index >= 15 is 0 Å². The summed E-state index contributed by atoms with van der Waals surface area (Å²) in [6.45, 7) is 2.02. The van der Waals surface area contributed by atoms with Crippen molar-refractivity contribution in [1.29, 1.82) is 0 Å². The van der Waals surface area contributed by atoms with Gasteiger partial charge in [-0.2, -0.15) is 0 Å². The third kappa shape index (κ3) is 2.99. The Morgan fingerprint density at radius 1 is 1.21 bits per heavy atom. The van der Waals surface area contributed by atoms with Gasteiger partial charge >= 0.3 is 5.97 Å². The standard InChI is InChI=1S/C16H16O3/c1-2-19-16(18)14(11-17)10-13-8-5-7-12-6-3-4-9-15(12)13/h3-9,11,14H,2,10H2,1H3/t14-/m0/s1. The highest BCUT2D eigenvalue weighted by Gasteiger charge is 2.20. The van der Waals surface area contributed by atoms with Crippen molar-refractivity contribution in [3.05, 3.63) is 48.0 Å². The summed E-state index contributed by atoms with van der Waals surface area (Å²) in [5.74, 6) is -1.18. The Hall–Kier alpha value is -2.16. The largest absolute Gasteiger partial charge is 0.465 e. The molecule has 3 nitrogen and oxygen atoms in total. The quantitative estimate of drug-likeness (QED) is 0.469. The van der Waals surface area contributed by atoms with Crippen LogP contribution in [0.1, 0.15) is 12.5 Å². The predicted molar refractivity (Wildman–Crippen MR) is 73.8 cm³/mol. The van der Waals surface area contributed by atoms with Crippen LogP contribution >= 0.6 is 0 Å². The van der Waals surface area contributed by atoms with Crippen LogP contribution in [-0.2, 0) is 20.7 Å². The Balaban J connectivity index is 2.29. The Bertz CT molecular complexity index is 584. The summed E-state index contributed by atoms with van der Waals surface area (Å²) in [6, 6.07) is 13.8. The Morgan fingerprint density at radius 2 is 1.95 bits per heavy atom. The van der Waals surface area contributed by atoms with Crippen molar-refractivity contribution in [2.75, 3.05) is 6.61 Å². The van der Waals surface area contributed by atoms with Gasteiger partial charge in [0.05, 0.1) is 6.61 Å². The molecule has 0 saturated heterocycles. The first-order valence-electron chi connectivity index (χ1n) is 6.34. The molecule has 0 unspecified atom stereocenters. The first-order chi connectivity index (χ1) is 9.26. The van der Waals surface area contributed by atoms with Gasteiger partial charge in [0.25, 0.3) is 0 Å². The van der Waals surface area contributed by atoms with E-state index < -0.39 is 11.9 Å². The topological polar surface area (TPSA) is 43.4 Å². The molecule has 1 atom stereocenters. The summed E-state index contributed by atoms with van der Waals surface area (Å²) in [4.78, 5) is 22.7. The van der Waals surface area contributed by atoms with E-state index in [0.29, 0.717) is 19.3 Å². The lowest BCUT2D eigenvalue weighted by molar-refractivity contribution is -0.149. The van der Waals surface area contributed by atoms with Crippen molar-refractivity contribution in [1.82, 2.24) is 0 Å². The van der Waals surface area contributed by atoms with Crippen molar-refractivity contribution in [3.63, 3.8) is 0 Å². The lowest BCUT2D eigenvalue weighted by Gasteiger charge is -2.11. The SMILES string of the molecule is CCOC(=O)[C@H](C=O)Cc1cccc2ccccc12. The monoisotopic (exact) mass is 256 g/mol. The highest BCUT2D eigenvalue weighted by molar-refractivity contribution is 5.90. The van der Waals surface area contributed by atoms with Crippen molar-refractivity contribution in [3.8, 4) is 0 Å². The number of benzene rings is 2. The number of rotatable bonds is 5. The summed E-state index contributed by atoms with van der Waals surface area (Å²) in [6.07, 6.45) is 1.05. The molecule has 0 fully saturated rings. The molecule has 0 aliphatic rings. The summed E-state index contributed by atoms with van der Waals surface area (Å²) in [7, 11) is 0. The summed E-state index contributed by atoms with van der Waals surface area (Å²) in [5, 5.41) is 2.18. The molecule has 0 radical (unpaired) electrons. The van der Waals surface area contributed by atoms with E-state index in [-0.39, 0.29) is 0 Å². The average Bonchev–Trinajstić information content (AvgIpc) is 2.45. The van der Waals surface area contributed by atoms with Crippen LogP contribution in [0.3, 0.4) is 0 Å². The van der Waals surface area contributed by atoms with Crippen LogP contribution in [-0.4, -0.2) is 18.9 Å². The number of esters is 1. The van der Waals surface area contributed by atoms with Gasteiger partial charge in [-0.3, -0.25) is 4.79 Å². The van der Waals surface area contributed by atoms with Gasteiger partial charge in [0.2, 0.25) is 0 Å². The molecule has 0 heterocycles. The van der Waals surface area contributed by atoms with Crippen molar-refractivity contribution in [2.24, 2.45) is 5.92 Å². The maximum atomic E-state index is 11.7. The van der Waals surface area contributed by atoms with E-state index in [9.17, 15) is 9.59 Å². The van der Waals surface area contributed by atoms with Gasteiger partial charge < -0.3 is 9.53 Å². The molecule has 98 valence electrons. The average molecular weight is 256 g/mol. The van der Waals surface area contributed by atoms with Crippen molar-refractivity contribution >= 4 is 23.0 Å². The predicted octanol–water partition coefficient (Wildman–Crippen LogP) is 2.76. The third-order valence-electron chi connectivity index (χ3n) is 3.07. The van der Waals surface area contributed by atoms with E-state index in [1.807, 2.05) is 42.5 Å². The first kappa shape index (κ1) is 13.3. The molecular weight excluding hydrogens is 240 g/mol. The molecule has 0 amide bonds. The van der Waals surface area contributed by atoms with E-state index in [2.05, 4.69) is 0 Å². The van der Waals surface area contributed by atoms with Crippen LogP contribution in [0.4, 0.5) is 0 Å². The molecule has 0 saturated carbocycles. The minimum Gasteiger partial charge on any atom is -0.465 e. The molecular formula is C16H16O3. The molecule has 19 heavy (non-hydrogen) atoms. The minimum atomic E-state index is -0.731. The van der Waals surface area contributed by atoms with Crippen LogP contribution < -0.4 is 0 Å². The molecule has 2 aromatic rings. The van der Waals surface area contributed by atoms with Crippen LogP contribution in [0.25, 0.3) is 10.8 Å². The fourth-order valence-corrected chi connectivity index (χ4v) is 2.14. The molecule has 3 heteroatoms. The molecule has 0 bridgehead atoms. The van der Waals surface area contributed by atoms with E-state index in [0.717, 1.165) is 16.3 Å². The van der Waals surface area contributed by atoms with Gasteiger partial charge in [-0.15, -0.1) is 0 Å². The van der Waals surface area contributed by atoms with Crippen LogP contribution in [0, 0.1) is 5.92 Å². The number of ether oxygens (including phenoxy) is 1. The Labute approximate surface area is 112 Å². The van der Waals surface area contributed by atoms with Crippen molar-refractivity contribution < 1.29 is 14.3 Å². The number of carbonyl (C=O) groups is 2. The van der Waals surface area contributed by atoms with Gasteiger partial charge in [-0.1, -0.05) is 42.5 Å². The summed E-state index contributed by atoms with van der Waals surface area (Å²) in [5.41, 5.74) is 0.989. The highest BCUT2D eigenvalue weighted by atomic mass is 16.5. The number of hydrogen-bond donors (Lipinski definition) is 0. The zero-order chi connectivity index (χ0) is 13.7. The third-order valence-corrected chi connectivity index (χ3v) is 3.07. The van der Waals surface area contributed by atoms with Crippen LogP contribution in [0.15, 0.2) is 42.5 Å². The normalized spacial score (nSPS) is 12.1. The van der Waals surface area contributed by atoms with Gasteiger partial charge in [0.15, 0.2) is 0 Å². The Kier molecular flexibility index (Phi) is 4.29. The van der Waals surface area contributed by atoms with Crippen molar-refractivity contribution in [2.45, 2.75) is 13.3 Å². The lowest BCUT2D eigenvalue weighted by Crippen LogP contribution is -2.21. The molecule has 2 aromatic carbocycles. The van der Waals surface area contributed by atoms with Gasteiger partial charge in [0, 0.05) is 0 Å².